The molecule has 1 saturated heterocycles. The van der Waals surface area contributed by atoms with Crippen LogP contribution in [0, 0.1) is 5.92 Å². The molecule has 1 unspecified atom stereocenters. The molecular weight excluding hydrogens is 296 g/mol. The molecule has 17 heavy (non-hydrogen) atoms. The molecule has 0 aliphatic carbocycles. The summed E-state index contributed by atoms with van der Waals surface area (Å²) in [6.45, 7) is 4.43. The predicted molar refractivity (Wildman–Crippen MR) is 80.3 cm³/mol. The highest BCUT2D eigenvalue weighted by molar-refractivity contribution is 9.10. The molecule has 2 nitrogen and oxygen atoms in total. The molecule has 0 bridgehead atoms. The number of halogens is 1. The highest BCUT2D eigenvalue weighted by Gasteiger charge is 2.18. The fourth-order valence-electron chi connectivity index (χ4n) is 2.11. The van der Waals surface area contributed by atoms with Gasteiger partial charge >= 0.3 is 0 Å². The zero-order valence-corrected chi connectivity index (χ0v) is 12.4. The van der Waals surface area contributed by atoms with Crippen molar-refractivity contribution in [2.24, 2.45) is 5.92 Å². The van der Waals surface area contributed by atoms with Gasteiger partial charge in [0.05, 0.1) is 0 Å². The Balaban J connectivity index is 1.94. The molecule has 2 rings (SSSR count). The van der Waals surface area contributed by atoms with Crippen molar-refractivity contribution in [3.63, 3.8) is 0 Å². The minimum atomic E-state index is 0.744. The molecule has 92 valence electrons. The molecule has 0 spiro atoms. The molecule has 1 aromatic carbocycles. The van der Waals surface area contributed by atoms with Gasteiger partial charge in [-0.05, 0) is 55.2 Å². The van der Waals surface area contributed by atoms with E-state index in [9.17, 15) is 0 Å². The van der Waals surface area contributed by atoms with Crippen LogP contribution in [-0.4, -0.2) is 23.1 Å². The third-order valence-electron chi connectivity index (χ3n) is 3.04. The summed E-state index contributed by atoms with van der Waals surface area (Å²) in [6, 6.07) is 8.10. The van der Waals surface area contributed by atoms with Gasteiger partial charge in [-0.15, -0.1) is 0 Å². The molecule has 0 radical (unpaired) electrons. The van der Waals surface area contributed by atoms with E-state index in [0.29, 0.717) is 0 Å². The normalized spacial score (nSPS) is 20.1. The van der Waals surface area contributed by atoms with Crippen molar-refractivity contribution < 1.29 is 0 Å². The van der Waals surface area contributed by atoms with Crippen LogP contribution in [0.5, 0.6) is 0 Å². The van der Waals surface area contributed by atoms with Crippen molar-refractivity contribution in [2.45, 2.75) is 19.8 Å². The summed E-state index contributed by atoms with van der Waals surface area (Å²) in [5.74, 6) is 0.744. The number of rotatable bonds is 1. The Morgan fingerprint density at radius 3 is 2.76 bits per heavy atom. The lowest BCUT2D eigenvalue weighted by Crippen LogP contribution is -2.41. The van der Waals surface area contributed by atoms with E-state index in [2.05, 4.69) is 33.1 Å². The van der Waals surface area contributed by atoms with Crippen LogP contribution in [0.25, 0.3) is 0 Å². The van der Waals surface area contributed by atoms with Crippen molar-refractivity contribution in [2.75, 3.05) is 18.4 Å². The van der Waals surface area contributed by atoms with Gasteiger partial charge in [0.15, 0.2) is 5.11 Å². The number of anilines is 1. The van der Waals surface area contributed by atoms with Gasteiger partial charge in [-0.25, -0.2) is 0 Å². The Hall–Kier alpha value is -0.610. The lowest BCUT2D eigenvalue weighted by atomic mass is 10.0. The van der Waals surface area contributed by atoms with Gasteiger partial charge in [-0.1, -0.05) is 22.9 Å². The molecule has 1 aliphatic rings. The topological polar surface area (TPSA) is 15.3 Å². The second kappa shape index (κ2) is 5.83. The highest BCUT2D eigenvalue weighted by atomic mass is 79.9. The number of piperidine rings is 1. The number of benzene rings is 1. The maximum Gasteiger partial charge on any atom is 0.173 e. The summed E-state index contributed by atoms with van der Waals surface area (Å²) in [6.07, 6.45) is 2.56. The van der Waals surface area contributed by atoms with Crippen molar-refractivity contribution in [1.29, 1.82) is 0 Å². The minimum Gasteiger partial charge on any atom is -0.349 e. The van der Waals surface area contributed by atoms with E-state index in [1.165, 1.54) is 12.8 Å². The van der Waals surface area contributed by atoms with Crippen LogP contribution in [0.2, 0.25) is 0 Å². The fourth-order valence-corrected chi connectivity index (χ4v) is 2.66. The average Bonchev–Trinajstić information content (AvgIpc) is 2.32. The molecule has 0 amide bonds. The molecule has 1 fully saturated rings. The van der Waals surface area contributed by atoms with Crippen LogP contribution in [0.15, 0.2) is 28.7 Å². The third kappa shape index (κ3) is 3.68. The van der Waals surface area contributed by atoms with Crippen LogP contribution in [0.1, 0.15) is 19.8 Å². The van der Waals surface area contributed by atoms with E-state index in [-0.39, 0.29) is 0 Å². The molecule has 1 aromatic rings. The summed E-state index contributed by atoms with van der Waals surface area (Å²) in [4.78, 5) is 2.27. The molecule has 1 heterocycles. The van der Waals surface area contributed by atoms with Crippen molar-refractivity contribution in [3.05, 3.63) is 28.7 Å². The Labute approximate surface area is 117 Å². The highest BCUT2D eigenvalue weighted by Crippen LogP contribution is 2.18. The van der Waals surface area contributed by atoms with Gasteiger partial charge in [-0.3, -0.25) is 0 Å². The average molecular weight is 313 g/mol. The van der Waals surface area contributed by atoms with Crippen molar-refractivity contribution >= 4 is 38.9 Å². The molecular formula is C13H17BrN2S. The molecule has 1 aliphatic heterocycles. The van der Waals surface area contributed by atoms with Crippen LogP contribution in [0.3, 0.4) is 0 Å². The quantitative estimate of drug-likeness (QED) is 0.792. The molecule has 1 N–H and O–H groups in total. The Morgan fingerprint density at radius 1 is 1.41 bits per heavy atom. The van der Waals surface area contributed by atoms with Crippen LogP contribution in [0.4, 0.5) is 5.69 Å². The number of hydrogen-bond acceptors (Lipinski definition) is 1. The summed E-state index contributed by atoms with van der Waals surface area (Å²) >= 11 is 8.87. The lowest BCUT2D eigenvalue weighted by molar-refractivity contribution is 0.276. The van der Waals surface area contributed by atoms with E-state index in [0.717, 1.165) is 34.3 Å². The second-order valence-electron chi connectivity index (χ2n) is 4.63. The summed E-state index contributed by atoms with van der Waals surface area (Å²) in [5, 5.41) is 4.14. The van der Waals surface area contributed by atoms with Crippen LogP contribution < -0.4 is 5.32 Å². The monoisotopic (exact) mass is 312 g/mol. The van der Waals surface area contributed by atoms with Gasteiger partial charge in [-0.2, -0.15) is 0 Å². The van der Waals surface area contributed by atoms with Crippen molar-refractivity contribution in [1.82, 2.24) is 4.90 Å². The van der Waals surface area contributed by atoms with E-state index in [1.807, 2.05) is 24.3 Å². The van der Waals surface area contributed by atoms with E-state index in [1.54, 1.807) is 0 Å². The molecule has 1 atom stereocenters. The molecule has 0 saturated carbocycles. The first kappa shape index (κ1) is 12.8. The van der Waals surface area contributed by atoms with Crippen molar-refractivity contribution in [3.8, 4) is 0 Å². The smallest absolute Gasteiger partial charge is 0.173 e. The van der Waals surface area contributed by atoms with E-state index < -0.39 is 0 Å². The Morgan fingerprint density at radius 2 is 2.12 bits per heavy atom. The first-order chi connectivity index (χ1) is 8.15. The SMILES string of the molecule is CC1CCCN(C(=S)Nc2ccc(Br)cc2)C1. The number of thiocarbonyl (C=S) groups is 1. The number of nitrogens with one attached hydrogen (secondary N) is 1. The largest absolute Gasteiger partial charge is 0.349 e. The fraction of sp³-hybridized carbons (Fsp3) is 0.462. The van der Waals surface area contributed by atoms with Gasteiger partial charge < -0.3 is 10.2 Å². The first-order valence-corrected chi connectivity index (χ1v) is 7.17. The number of likely N-dealkylation sites (tertiary alicyclic amines) is 1. The van der Waals surface area contributed by atoms with Gasteiger partial charge in [0.2, 0.25) is 0 Å². The second-order valence-corrected chi connectivity index (χ2v) is 5.93. The van der Waals surface area contributed by atoms with E-state index >= 15 is 0 Å². The summed E-state index contributed by atoms with van der Waals surface area (Å²) in [7, 11) is 0. The maximum atomic E-state index is 5.44. The Bertz CT molecular complexity index is 391. The van der Waals surface area contributed by atoms with Gasteiger partial charge in [0, 0.05) is 23.2 Å². The zero-order valence-electron chi connectivity index (χ0n) is 9.95. The Kier molecular flexibility index (Phi) is 4.40. The van der Waals surface area contributed by atoms with E-state index in [4.69, 9.17) is 12.2 Å². The minimum absolute atomic E-state index is 0.744. The maximum absolute atomic E-state index is 5.44. The number of nitrogens with zero attached hydrogens (tertiary/aromatic N) is 1. The zero-order chi connectivity index (χ0) is 12.3. The van der Waals surface area contributed by atoms with Gasteiger partial charge in [0.25, 0.3) is 0 Å². The third-order valence-corrected chi connectivity index (χ3v) is 3.93. The number of hydrogen-bond donors (Lipinski definition) is 1. The first-order valence-electron chi connectivity index (χ1n) is 5.96. The predicted octanol–water partition coefficient (Wildman–Crippen LogP) is 3.88. The molecule has 4 heteroatoms. The van der Waals surface area contributed by atoms with Crippen LogP contribution >= 0.6 is 28.1 Å². The molecule has 0 aromatic heterocycles. The summed E-state index contributed by atoms with van der Waals surface area (Å²) in [5.41, 5.74) is 1.05. The lowest BCUT2D eigenvalue weighted by Gasteiger charge is -2.33. The van der Waals surface area contributed by atoms with Gasteiger partial charge in [0.1, 0.15) is 0 Å². The summed E-state index contributed by atoms with van der Waals surface area (Å²) < 4.78 is 1.08. The standard InChI is InChI=1S/C13H17BrN2S/c1-10-3-2-8-16(9-10)13(17)15-12-6-4-11(14)5-7-12/h4-7,10H,2-3,8-9H2,1H3,(H,15,17). The van der Waals surface area contributed by atoms with Crippen LogP contribution in [-0.2, 0) is 0 Å².